The Morgan fingerprint density at radius 3 is 2.90 bits per heavy atom. The van der Waals surface area contributed by atoms with Crippen LogP contribution in [0.4, 0.5) is 15.9 Å². The highest BCUT2D eigenvalue weighted by molar-refractivity contribution is 5.85. The molecule has 3 aromatic heterocycles. The molecule has 144 valence electrons. The Labute approximate surface area is 165 Å². The predicted molar refractivity (Wildman–Crippen MR) is 108 cm³/mol. The Hall–Kier alpha value is -3.94. The van der Waals surface area contributed by atoms with Gasteiger partial charge in [0.2, 0.25) is 0 Å². The molecule has 0 spiro atoms. The Morgan fingerprint density at radius 1 is 1.10 bits per heavy atom. The fraction of sp³-hybridized carbons (Fsp3) is 0.0952. The van der Waals surface area contributed by atoms with E-state index in [9.17, 15) is 4.39 Å². The second kappa shape index (κ2) is 6.90. The minimum atomic E-state index is -0.248. The third kappa shape index (κ3) is 3.14. The number of halogens is 1. The monoisotopic (exact) mass is 388 g/mol. The largest absolute Gasteiger partial charge is 0.494 e. The highest BCUT2D eigenvalue weighted by atomic mass is 19.1. The van der Waals surface area contributed by atoms with Crippen LogP contribution in [0.1, 0.15) is 5.56 Å². The molecule has 0 aliphatic rings. The van der Waals surface area contributed by atoms with Crippen molar-refractivity contribution >= 4 is 27.9 Å². The summed E-state index contributed by atoms with van der Waals surface area (Å²) in [4.78, 5) is 4.35. The van der Waals surface area contributed by atoms with Gasteiger partial charge in [0.25, 0.3) is 0 Å². The number of methoxy groups -OCH3 is 1. The average molecular weight is 388 g/mol. The smallest absolute Gasteiger partial charge is 0.162 e. The lowest BCUT2D eigenvalue weighted by molar-refractivity contribution is 0.420. The van der Waals surface area contributed by atoms with E-state index in [0.29, 0.717) is 18.1 Å². The highest BCUT2D eigenvalue weighted by Crippen LogP contribution is 2.29. The van der Waals surface area contributed by atoms with Gasteiger partial charge in [-0.25, -0.2) is 13.9 Å². The Balaban J connectivity index is 1.46. The van der Waals surface area contributed by atoms with E-state index in [0.717, 1.165) is 27.7 Å². The first-order chi connectivity index (χ1) is 14.2. The van der Waals surface area contributed by atoms with Crippen LogP contribution >= 0.6 is 0 Å². The molecule has 0 fully saturated rings. The Morgan fingerprint density at radius 2 is 2.03 bits per heavy atom. The van der Waals surface area contributed by atoms with Crippen molar-refractivity contribution in [2.45, 2.75) is 6.54 Å². The van der Waals surface area contributed by atoms with Crippen LogP contribution in [-0.4, -0.2) is 31.5 Å². The SMILES string of the molecule is COc1ccn2ncnc(Nc3ccc4c(cnn4Cc4cccc(F)c4)c3)c12. The van der Waals surface area contributed by atoms with Gasteiger partial charge < -0.3 is 10.1 Å². The second-order valence-corrected chi connectivity index (χ2v) is 6.62. The molecule has 0 bridgehead atoms. The lowest BCUT2D eigenvalue weighted by Gasteiger charge is -2.09. The average Bonchev–Trinajstić information content (AvgIpc) is 3.32. The number of hydrogen-bond donors (Lipinski definition) is 1. The van der Waals surface area contributed by atoms with Gasteiger partial charge in [-0.15, -0.1) is 0 Å². The van der Waals surface area contributed by atoms with E-state index in [1.807, 2.05) is 41.2 Å². The Bertz CT molecular complexity index is 1330. The van der Waals surface area contributed by atoms with Crippen LogP contribution in [0.2, 0.25) is 0 Å². The fourth-order valence-corrected chi connectivity index (χ4v) is 3.42. The molecule has 8 heteroatoms. The van der Waals surface area contributed by atoms with E-state index >= 15 is 0 Å². The summed E-state index contributed by atoms with van der Waals surface area (Å²) in [5.74, 6) is 1.09. The standard InChI is InChI=1S/C21H17FN6O/c1-29-19-7-8-27-20(19)21(23-13-25-27)26-17-5-6-18-15(10-17)11-24-28(18)12-14-3-2-4-16(22)9-14/h2-11,13H,12H2,1H3,(H,23,25,26). The van der Waals surface area contributed by atoms with Gasteiger partial charge in [-0.05, 0) is 35.9 Å². The number of rotatable bonds is 5. The van der Waals surface area contributed by atoms with Crippen LogP contribution < -0.4 is 10.1 Å². The summed E-state index contributed by atoms with van der Waals surface area (Å²) in [6.45, 7) is 0.502. The molecule has 0 saturated heterocycles. The molecule has 5 rings (SSSR count). The molecule has 29 heavy (non-hydrogen) atoms. The first kappa shape index (κ1) is 17.2. The Kier molecular flexibility index (Phi) is 4.09. The van der Waals surface area contributed by atoms with Gasteiger partial charge in [-0.3, -0.25) is 4.68 Å². The molecule has 7 nitrogen and oxygen atoms in total. The summed E-state index contributed by atoms with van der Waals surface area (Å²) in [6.07, 6.45) is 5.11. The topological polar surface area (TPSA) is 69.3 Å². The van der Waals surface area contributed by atoms with Crippen LogP contribution in [0.3, 0.4) is 0 Å². The van der Waals surface area contributed by atoms with Crippen molar-refractivity contribution in [3.8, 4) is 5.75 Å². The highest BCUT2D eigenvalue weighted by Gasteiger charge is 2.12. The van der Waals surface area contributed by atoms with E-state index in [2.05, 4.69) is 20.5 Å². The number of fused-ring (bicyclic) bond motifs is 2. The van der Waals surface area contributed by atoms with Crippen LogP contribution in [0, 0.1) is 5.82 Å². The summed E-state index contributed by atoms with van der Waals surface area (Å²) in [5.41, 5.74) is 3.46. The molecule has 0 aliphatic carbocycles. The molecule has 0 radical (unpaired) electrons. The third-order valence-corrected chi connectivity index (χ3v) is 4.76. The summed E-state index contributed by atoms with van der Waals surface area (Å²) in [7, 11) is 1.62. The zero-order chi connectivity index (χ0) is 19.8. The first-order valence-electron chi connectivity index (χ1n) is 9.04. The summed E-state index contributed by atoms with van der Waals surface area (Å²) >= 11 is 0. The minimum absolute atomic E-state index is 0.248. The normalized spacial score (nSPS) is 11.2. The summed E-state index contributed by atoms with van der Waals surface area (Å²) < 4.78 is 22.4. The van der Waals surface area contributed by atoms with Gasteiger partial charge in [0, 0.05) is 23.3 Å². The van der Waals surface area contributed by atoms with Gasteiger partial charge in [0.05, 0.1) is 25.4 Å². The minimum Gasteiger partial charge on any atom is -0.494 e. The molecule has 0 amide bonds. The molecule has 2 aromatic carbocycles. The van der Waals surface area contributed by atoms with Crippen molar-refractivity contribution in [1.29, 1.82) is 0 Å². The molecule has 0 unspecified atom stereocenters. The van der Waals surface area contributed by atoms with E-state index in [1.54, 1.807) is 23.9 Å². The number of aromatic nitrogens is 5. The van der Waals surface area contributed by atoms with Crippen molar-refractivity contribution in [3.63, 3.8) is 0 Å². The molecular formula is C21H17FN6O. The van der Waals surface area contributed by atoms with Gasteiger partial charge in [-0.2, -0.15) is 10.2 Å². The zero-order valence-electron chi connectivity index (χ0n) is 15.6. The van der Waals surface area contributed by atoms with E-state index in [-0.39, 0.29) is 5.82 Å². The lowest BCUT2D eigenvalue weighted by atomic mass is 10.2. The van der Waals surface area contributed by atoms with Crippen LogP contribution in [0.25, 0.3) is 16.4 Å². The van der Waals surface area contributed by atoms with Crippen LogP contribution in [0.5, 0.6) is 5.75 Å². The molecule has 0 atom stereocenters. The number of nitrogens with zero attached hydrogens (tertiary/aromatic N) is 5. The van der Waals surface area contributed by atoms with Crippen molar-refractivity contribution in [1.82, 2.24) is 24.4 Å². The number of nitrogens with one attached hydrogen (secondary N) is 1. The fourth-order valence-electron chi connectivity index (χ4n) is 3.42. The zero-order valence-corrected chi connectivity index (χ0v) is 15.6. The maximum absolute atomic E-state index is 13.5. The molecular weight excluding hydrogens is 371 g/mol. The van der Waals surface area contributed by atoms with Crippen molar-refractivity contribution < 1.29 is 9.13 Å². The second-order valence-electron chi connectivity index (χ2n) is 6.62. The van der Waals surface area contributed by atoms with Crippen LogP contribution in [-0.2, 0) is 6.54 Å². The number of benzene rings is 2. The van der Waals surface area contributed by atoms with Gasteiger partial charge >= 0.3 is 0 Å². The quantitative estimate of drug-likeness (QED) is 0.493. The maximum Gasteiger partial charge on any atom is 0.162 e. The molecule has 0 saturated carbocycles. The molecule has 5 aromatic rings. The van der Waals surface area contributed by atoms with Crippen LogP contribution in [0.15, 0.2) is 67.3 Å². The van der Waals surface area contributed by atoms with E-state index in [1.165, 1.54) is 18.5 Å². The number of anilines is 2. The summed E-state index contributed by atoms with van der Waals surface area (Å²) in [6, 6.07) is 14.3. The van der Waals surface area contributed by atoms with Crippen molar-refractivity contribution in [2.75, 3.05) is 12.4 Å². The third-order valence-electron chi connectivity index (χ3n) is 4.76. The van der Waals surface area contributed by atoms with Gasteiger partial charge in [0.1, 0.15) is 23.4 Å². The van der Waals surface area contributed by atoms with E-state index < -0.39 is 0 Å². The van der Waals surface area contributed by atoms with E-state index in [4.69, 9.17) is 4.74 Å². The lowest BCUT2D eigenvalue weighted by Crippen LogP contribution is -2.02. The molecule has 1 N–H and O–H groups in total. The maximum atomic E-state index is 13.5. The van der Waals surface area contributed by atoms with Crippen molar-refractivity contribution in [2.24, 2.45) is 0 Å². The molecule has 0 aliphatic heterocycles. The number of ether oxygens (including phenoxy) is 1. The van der Waals surface area contributed by atoms with Gasteiger partial charge in [-0.1, -0.05) is 12.1 Å². The molecule has 3 heterocycles. The predicted octanol–water partition coefficient (Wildman–Crippen LogP) is 4.02. The van der Waals surface area contributed by atoms with Crippen molar-refractivity contribution in [3.05, 3.63) is 78.6 Å². The summed E-state index contributed by atoms with van der Waals surface area (Å²) in [5, 5.41) is 12.9. The number of hydrogen-bond acceptors (Lipinski definition) is 5. The van der Waals surface area contributed by atoms with Gasteiger partial charge in [0.15, 0.2) is 5.82 Å². The first-order valence-corrected chi connectivity index (χ1v) is 9.04.